The number of aromatic nitrogens is 2. The molecular formula is C24H24F2N4O2. The molecule has 6 nitrogen and oxygen atoms in total. The van der Waals surface area contributed by atoms with Crippen LogP contribution in [0.25, 0.3) is 11.3 Å². The molecule has 1 saturated heterocycles. The minimum atomic E-state index is -0.859. The summed E-state index contributed by atoms with van der Waals surface area (Å²) in [7, 11) is 0. The highest BCUT2D eigenvalue weighted by Crippen LogP contribution is 2.23. The lowest BCUT2D eigenvalue weighted by atomic mass is 10.1. The number of nitrogens with zero attached hydrogens (tertiary/aromatic N) is 3. The molecule has 8 heteroatoms. The molecule has 0 aliphatic carbocycles. The van der Waals surface area contributed by atoms with Crippen LogP contribution in [0, 0.1) is 11.6 Å². The molecule has 1 aromatic heterocycles. The Kier molecular flexibility index (Phi) is 6.89. The maximum absolute atomic E-state index is 13.6. The van der Waals surface area contributed by atoms with Crippen LogP contribution < -0.4 is 15.0 Å². The maximum Gasteiger partial charge on any atom is 0.262 e. The van der Waals surface area contributed by atoms with Gasteiger partial charge in [-0.1, -0.05) is 25.0 Å². The van der Waals surface area contributed by atoms with E-state index >= 15 is 0 Å². The van der Waals surface area contributed by atoms with Crippen molar-refractivity contribution in [2.75, 3.05) is 29.9 Å². The first kappa shape index (κ1) is 21.7. The molecule has 32 heavy (non-hydrogen) atoms. The van der Waals surface area contributed by atoms with E-state index < -0.39 is 24.1 Å². The third-order valence-corrected chi connectivity index (χ3v) is 5.28. The summed E-state index contributed by atoms with van der Waals surface area (Å²) >= 11 is 0. The summed E-state index contributed by atoms with van der Waals surface area (Å²) in [5.41, 5.74) is 2.06. The Morgan fingerprint density at radius 3 is 2.50 bits per heavy atom. The van der Waals surface area contributed by atoms with Crippen molar-refractivity contribution in [2.45, 2.75) is 25.7 Å². The van der Waals surface area contributed by atoms with Gasteiger partial charge in [0.25, 0.3) is 5.91 Å². The molecule has 4 rings (SSSR count). The molecule has 1 N–H and O–H groups in total. The molecule has 2 aromatic carbocycles. The van der Waals surface area contributed by atoms with Gasteiger partial charge in [-0.2, -0.15) is 0 Å². The molecule has 0 spiro atoms. The van der Waals surface area contributed by atoms with Gasteiger partial charge in [0.15, 0.2) is 24.0 Å². The van der Waals surface area contributed by atoms with E-state index in [4.69, 9.17) is 4.74 Å². The average molecular weight is 438 g/mol. The van der Waals surface area contributed by atoms with E-state index in [0.29, 0.717) is 17.4 Å². The van der Waals surface area contributed by atoms with Crippen molar-refractivity contribution in [1.82, 2.24) is 10.2 Å². The van der Waals surface area contributed by atoms with Crippen LogP contribution in [0.2, 0.25) is 0 Å². The van der Waals surface area contributed by atoms with Gasteiger partial charge in [-0.3, -0.25) is 4.79 Å². The van der Waals surface area contributed by atoms with Crippen LogP contribution in [0.15, 0.2) is 54.6 Å². The molecule has 1 aliphatic rings. The number of halogens is 2. The molecule has 3 aromatic rings. The molecule has 166 valence electrons. The van der Waals surface area contributed by atoms with E-state index in [1.54, 1.807) is 18.2 Å². The second-order valence-corrected chi connectivity index (χ2v) is 7.67. The first-order chi connectivity index (χ1) is 15.6. The van der Waals surface area contributed by atoms with Gasteiger partial charge in [-0.05, 0) is 49.2 Å². The lowest BCUT2D eigenvalue weighted by molar-refractivity contribution is -0.118. The fourth-order valence-corrected chi connectivity index (χ4v) is 3.64. The number of benzene rings is 2. The van der Waals surface area contributed by atoms with Gasteiger partial charge in [0.05, 0.1) is 5.69 Å². The summed E-state index contributed by atoms with van der Waals surface area (Å²) in [4.78, 5) is 14.5. The summed E-state index contributed by atoms with van der Waals surface area (Å²) in [6.45, 7) is 1.59. The van der Waals surface area contributed by atoms with Gasteiger partial charge < -0.3 is 15.0 Å². The zero-order chi connectivity index (χ0) is 22.3. The number of hydrogen-bond donors (Lipinski definition) is 1. The predicted molar refractivity (Wildman–Crippen MR) is 119 cm³/mol. The number of ether oxygens (including phenoxy) is 1. The molecular weight excluding hydrogens is 414 g/mol. The van der Waals surface area contributed by atoms with Gasteiger partial charge >= 0.3 is 0 Å². The number of anilines is 2. The zero-order valence-corrected chi connectivity index (χ0v) is 17.6. The smallest absolute Gasteiger partial charge is 0.262 e. The molecule has 1 fully saturated rings. The largest absolute Gasteiger partial charge is 0.481 e. The molecule has 0 radical (unpaired) electrons. The molecule has 1 aliphatic heterocycles. The van der Waals surface area contributed by atoms with Crippen LogP contribution in [0.3, 0.4) is 0 Å². The van der Waals surface area contributed by atoms with Crippen molar-refractivity contribution < 1.29 is 18.3 Å². The number of nitrogens with one attached hydrogen (secondary N) is 1. The van der Waals surface area contributed by atoms with Crippen LogP contribution in [0.4, 0.5) is 20.3 Å². The Labute approximate surface area is 185 Å². The van der Waals surface area contributed by atoms with Crippen LogP contribution in [-0.2, 0) is 4.79 Å². The van der Waals surface area contributed by atoms with Crippen LogP contribution in [0.1, 0.15) is 25.7 Å². The second-order valence-electron chi connectivity index (χ2n) is 7.67. The highest BCUT2D eigenvalue weighted by Gasteiger charge is 2.13. The van der Waals surface area contributed by atoms with Gasteiger partial charge in [0, 0.05) is 30.4 Å². The lowest BCUT2D eigenvalue weighted by Crippen LogP contribution is -2.25. The molecule has 0 saturated carbocycles. The van der Waals surface area contributed by atoms with Crippen LogP contribution in [-0.4, -0.2) is 35.8 Å². The van der Waals surface area contributed by atoms with E-state index in [-0.39, 0.29) is 5.75 Å². The molecule has 1 amide bonds. The normalized spacial score (nSPS) is 14.0. The van der Waals surface area contributed by atoms with E-state index in [1.165, 1.54) is 25.7 Å². The van der Waals surface area contributed by atoms with Crippen molar-refractivity contribution in [3.8, 4) is 17.0 Å². The Balaban J connectivity index is 1.38. The minimum absolute atomic E-state index is 0.185. The monoisotopic (exact) mass is 438 g/mol. The van der Waals surface area contributed by atoms with E-state index in [2.05, 4.69) is 20.4 Å². The quantitative estimate of drug-likeness (QED) is 0.598. The summed E-state index contributed by atoms with van der Waals surface area (Å²) < 4.78 is 31.7. The number of hydrogen-bond acceptors (Lipinski definition) is 5. The minimum Gasteiger partial charge on any atom is -0.481 e. The van der Waals surface area contributed by atoms with Crippen molar-refractivity contribution in [3.63, 3.8) is 0 Å². The fraction of sp³-hybridized carbons (Fsp3) is 0.292. The van der Waals surface area contributed by atoms with Gasteiger partial charge in [-0.25, -0.2) is 8.78 Å². The van der Waals surface area contributed by atoms with Crippen molar-refractivity contribution >= 4 is 17.4 Å². The van der Waals surface area contributed by atoms with Gasteiger partial charge in [0.1, 0.15) is 5.82 Å². The van der Waals surface area contributed by atoms with E-state index in [9.17, 15) is 13.6 Å². The fourth-order valence-electron chi connectivity index (χ4n) is 3.64. The zero-order valence-electron chi connectivity index (χ0n) is 17.6. The van der Waals surface area contributed by atoms with E-state index in [0.717, 1.165) is 36.6 Å². The van der Waals surface area contributed by atoms with Crippen molar-refractivity contribution in [3.05, 3.63) is 66.2 Å². The molecule has 0 atom stereocenters. The number of carbonyl (C=O) groups excluding carboxylic acids is 1. The molecule has 2 heterocycles. The topological polar surface area (TPSA) is 67.3 Å². The molecule has 0 unspecified atom stereocenters. The summed E-state index contributed by atoms with van der Waals surface area (Å²) in [5, 5.41) is 11.5. The van der Waals surface area contributed by atoms with Crippen molar-refractivity contribution in [2.24, 2.45) is 0 Å². The highest BCUT2D eigenvalue weighted by atomic mass is 19.1. The summed E-state index contributed by atoms with van der Waals surface area (Å²) in [6, 6.07) is 14.0. The van der Waals surface area contributed by atoms with E-state index in [1.807, 2.05) is 18.2 Å². The number of amides is 1. The molecule has 0 bridgehead atoms. The second kappa shape index (κ2) is 10.2. The predicted octanol–water partition coefficient (Wildman–Crippen LogP) is 4.82. The van der Waals surface area contributed by atoms with Crippen molar-refractivity contribution in [1.29, 1.82) is 0 Å². The first-order valence-electron chi connectivity index (χ1n) is 10.7. The Morgan fingerprint density at radius 2 is 1.78 bits per heavy atom. The average Bonchev–Trinajstić information content (AvgIpc) is 3.08. The summed E-state index contributed by atoms with van der Waals surface area (Å²) in [6.07, 6.45) is 4.85. The third-order valence-electron chi connectivity index (χ3n) is 5.28. The lowest BCUT2D eigenvalue weighted by Gasteiger charge is -2.20. The first-order valence-corrected chi connectivity index (χ1v) is 10.7. The van der Waals surface area contributed by atoms with Crippen LogP contribution >= 0.6 is 0 Å². The SMILES string of the molecule is O=C(COc1ccc(F)cc1F)Nc1cccc(-c2ccc(N3CCCCCC3)nn2)c1. The Morgan fingerprint density at radius 1 is 0.969 bits per heavy atom. The number of rotatable bonds is 6. The Bertz CT molecular complexity index is 1070. The third kappa shape index (κ3) is 5.57. The number of carbonyl (C=O) groups is 1. The Hall–Kier alpha value is -3.55. The standard InChI is InChI=1S/C24H24F2N4O2/c25-18-8-10-22(20(26)15-18)32-16-24(31)27-19-7-5-6-17(14-19)21-9-11-23(29-28-21)30-12-3-1-2-4-13-30/h5-11,14-15H,1-4,12-13,16H2,(H,27,31). The highest BCUT2D eigenvalue weighted by molar-refractivity contribution is 5.92. The summed E-state index contributed by atoms with van der Waals surface area (Å²) in [5.74, 6) is -1.34. The van der Waals surface area contributed by atoms with Gasteiger partial charge in [0.2, 0.25) is 0 Å². The van der Waals surface area contributed by atoms with Gasteiger partial charge in [-0.15, -0.1) is 10.2 Å². The maximum atomic E-state index is 13.6. The van der Waals surface area contributed by atoms with Crippen LogP contribution in [0.5, 0.6) is 5.75 Å².